The lowest BCUT2D eigenvalue weighted by Gasteiger charge is -2.28. The summed E-state index contributed by atoms with van der Waals surface area (Å²) in [6, 6.07) is 19.2. The molecule has 3 atom stereocenters. The first-order valence-corrected chi connectivity index (χ1v) is 8.56. The van der Waals surface area contributed by atoms with Crippen molar-refractivity contribution in [3.63, 3.8) is 0 Å². The maximum absolute atomic E-state index is 6.07. The third-order valence-corrected chi connectivity index (χ3v) is 5.76. The lowest BCUT2D eigenvalue weighted by molar-refractivity contribution is 0.0258. The Hall–Kier alpha value is -1.00. The second kappa shape index (κ2) is 5.65. The third-order valence-electron chi connectivity index (χ3n) is 4.10. The molecule has 4 heteroatoms. The standard InChI is InChI=1S/C17H16ClNOS/c18-14-8-6-12(7-9-14)16-19-15(10-20-16)11-21-17(19)13-4-2-1-3-5-13/h1-9,15-17H,10-11H2/t15-,16+,17+/m1/s1. The van der Waals surface area contributed by atoms with Gasteiger partial charge in [-0.2, -0.15) is 0 Å². The Morgan fingerprint density at radius 2 is 1.76 bits per heavy atom. The molecular formula is C17H16ClNOS. The van der Waals surface area contributed by atoms with E-state index in [4.69, 9.17) is 16.3 Å². The molecule has 21 heavy (non-hydrogen) atoms. The average molecular weight is 318 g/mol. The summed E-state index contributed by atoms with van der Waals surface area (Å²) >= 11 is 8.00. The molecule has 2 nitrogen and oxygen atoms in total. The average Bonchev–Trinajstić information content (AvgIpc) is 3.11. The second-order valence-electron chi connectivity index (χ2n) is 5.43. The van der Waals surface area contributed by atoms with Gasteiger partial charge in [-0.05, 0) is 23.3 Å². The maximum Gasteiger partial charge on any atom is 0.138 e. The predicted molar refractivity (Wildman–Crippen MR) is 87.4 cm³/mol. The van der Waals surface area contributed by atoms with Gasteiger partial charge in [0.2, 0.25) is 0 Å². The van der Waals surface area contributed by atoms with Crippen LogP contribution in [0, 0.1) is 0 Å². The number of halogens is 1. The van der Waals surface area contributed by atoms with Crippen molar-refractivity contribution in [3.05, 3.63) is 70.7 Å². The predicted octanol–water partition coefficient (Wildman–Crippen LogP) is 4.49. The van der Waals surface area contributed by atoms with Crippen LogP contribution < -0.4 is 0 Å². The summed E-state index contributed by atoms with van der Waals surface area (Å²) in [5.41, 5.74) is 2.54. The molecule has 0 unspecified atom stereocenters. The molecule has 2 aliphatic heterocycles. The normalized spacial score (nSPS) is 28.7. The molecule has 0 radical (unpaired) electrons. The Labute approximate surface area is 134 Å². The van der Waals surface area contributed by atoms with Crippen molar-refractivity contribution in [2.75, 3.05) is 12.4 Å². The van der Waals surface area contributed by atoms with Gasteiger partial charge in [-0.3, -0.25) is 4.90 Å². The van der Waals surface area contributed by atoms with E-state index < -0.39 is 0 Å². The fraction of sp³-hybridized carbons (Fsp3) is 0.294. The molecule has 0 spiro atoms. The van der Waals surface area contributed by atoms with Gasteiger partial charge >= 0.3 is 0 Å². The number of rotatable bonds is 2. The molecule has 108 valence electrons. The Morgan fingerprint density at radius 3 is 2.52 bits per heavy atom. The number of fused-ring (bicyclic) bond motifs is 1. The van der Waals surface area contributed by atoms with Crippen LogP contribution in [0.1, 0.15) is 22.7 Å². The monoisotopic (exact) mass is 317 g/mol. The van der Waals surface area contributed by atoms with Gasteiger partial charge in [-0.1, -0.05) is 54.1 Å². The van der Waals surface area contributed by atoms with E-state index >= 15 is 0 Å². The maximum atomic E-state index is 6.07. The molecule has 0 bridgehead atoms. The number of hydrogen-bond donors (Lipinski definition) is 0. The summed E-state index contributed by atoms with van der Waals surface area (Å²) in [6.07, 6.45) is 0.0347. The van der Waals surface area contributed by atoms with Gasteiger partial charge in [-0.15, -0.1) is 11.8 Å². The topological polar surface area (TPSA) is 12.5 Å². The van der Waals surface area contributed by atoms with E-state index in [1.165, 1.54) is 11.1 Å². The fourth-order valence-corrected chi connectivity index (χ4v) is 4.69. The van der Waals surface area contributed by atoms with Crippen LogP contribution >= 0.6 is 23.4 Å². The molecule has 0 amide bonds. The van der Waals surface area contributed by atoms with Crippen LogP contribution in [0.5, 0.6) is 0 Å². The zero-order chi connectivity index (χ0) is 14.2. The lowest BCUT2D eigenvalue weighted by Crippen LogP contribution is -2.30. The van der Waals surface area contributed by atoms with Crippen LogP contribution in [0.15, 0.2) is 54.6 Å². The minimum Gasteiger partial charge on any atom is -0.357 e. The highest BCUT2D eigenvalue weighted by atomic mass is 35.5. The van der Waals surface area contributed by atoms with Crippen molar-refractivity contribution in [1.29, 1.82) is 0 Å². The summed E-state index contributed by atoms with van der Waals surface area (Å²) in [7, 11) is 0. The van der Waals surface area contributed by atoms with Crippen molar-refractivity contribution in [3.8, 4) is 0 Å². The Morgan fingerprint density at radius 1 is 1.00 bits per heavy atom. The third kappa shape index (κ3) is 2.49. The molecule has 2 aromatic rings. The van der Waals surface area contributed by atoms with Gasteiger partial charge in [0.25, 0.3) is 0 Å². The smallest absolute Gasteiger partial charge is 0.138 e. The van der Waals surface area contributed by atoms with Crippen molar-refractivity contribution < 1.29 is 4.74 Å². The van der Waals surface area contributed by atoms with Gasteiger partial charge in [0.05, 0.1) is 12.0 Å². The second-order valence-corrected chi connectivity index (χ2v) is 6.98. The highest BCUT2D eigenvalue weighted by Gasteiger charge is 2.45. The number of hydrogen-bond acceptors (Lipinski definition) is 3. The summed E-state index contributed by atoms with van der Waals surface area (Å²) in [5.74, 6) is 1.13. The van der Waals surface area contributed by atoms with Gasteiger partial charge in [0, 0.05) is 16.8 Å². The van der Waals surface area contributed by atoms with Crippen molar-refractivity contribution in [1.82, 2.24) is 4.90 Å². The summed E-state index contributed by atoms with van der Waals surface area (Å²) in [4.78, 5) is 2.50. The van der Waals surface area contributed by atoms with Gasteiger partial charge < -0.3 is 4.74 Å². The molecule has 2 aliphatic rings. The van der Waals surface area contributed by atoms with Crippen molar-refractivity contribution in [2.45, 2.75) is 17.6 Å². The number of thioether (sulfide) groups is 1. The van der Waals surface area contributed by atoms with E-state index in [2.05, 4.69) is 47.4 Å². The van der Waals surface area contributed by atoms with Crippen LogP contribution in [0.2, 0.25) is 5.02 Å². The largest absolute Gasteiger partial charge is 0.357 e. The molecule has 2 heterocycles. The van der Waals surface area contributed by atoms with Crippen LogP contribution in [0.25, 0.3) is 0 Å². The van der Waals surface area contributed by atoms with E-state index in [0.717, 1.165) is 17.4 Å². The minimum atomic E-state index is 0.0347. The van der Waals surface area contributed by atoms with Crippen LogP contribution in [-0.2, 0) is 4.74 Å². The zero-order valence-electron chi connectivity index (χ0n) is 11.5. The Balaban J connectivity index is 1.66. The Bertz CT molecular complexity index is 618. The SMILES string of the molecule is Clc1ccc([C@@H]2OC[C@@H]3CS[C@@H](c4ccccc4)N32)cc1. The van der Waals surface area contributed by atoms with Crippen molar-refractivity contribution >= 4 is 23.4 Å². The minimum absolute atomic E-state index is 0.0347. The summed E-state index contributed by atoms with van der Waals surface area (Å²) in [6.45, 7) is 0.809. The highest BCUT2D eigenvalue weighted by Crippen LogP contribution is 2.49. The molecule has 2 saturated heterocycles. The van der Waals surface area contributed by atoms with E-state index in [9.17, 15) is 0 Å². The Kier molecular flexibility index (Phi) is 3.67. The van der Waals surface area contributed by atoms with Gasteiger partial charge in [0.1, 0.15) is 6.23 Å². The molecule has 0 saturated carbocycles. The highest BCUT2D eigenvalue weighted by molar-refractivity contribution is 7.99. The summed E-state index contributed by atoms with van der Waals surface area (Å²) < 4.78 is 6.07. The fourth-order valence-electron chi connectivity index (χ4n) is 3.08. The quantitative estimate of drug-likeness (QED) is 0.810. The molecule has 0 aromatic heterocycles. The molecule has 4 rings (SSSR count). The van der Waals surface area contributed by atoms with E-state index in [0.29, 0.717) is 11.4 Å². The van der Waals surface area contributed by atoms with E-state index in [1.54, 1.807) is 0 Å². The molecular weight excluding hydrogens is 302 g/mol. The molecule has 0 aliphatic carbocycles. The summed E-state index contributed by atoms with van der Waals surface area (Å²) in [5, 5.41) is 1.14. The molecule has 2 aromatic carbocycles. The van der Waals surface area contributed by atoms with E-state index in [1.807, 2.05) is 23.9 Å². The van der Waals surface area contributed by atoms with Crippen molar-refractivity contribution in [2.24, 2.45) is 0 Å². The molecule has 2 fully saturated rings. The number of ether oxygens (including phenoxy) is 1. The molecule has 0 N–H and O–H groups in total. The zero-order valence-corrected chi connectivity index (χ0v) is 13.1. The first-order valence-electron chi connectivity index (χ1n) is 7.14. The van der Waals surface area contributed by atoms with Gasteiger partial charge in [0.15, 0.2) is 0 Å². The first-order chi connectivity index (χ1) is 10.3. The lowest BCUT2D eigenvalue weighted by atomic mass is 10.1. The van der Waals surface area contributed by atoms with Gasteiger partial charge in [-0.25, -0.2) is 0 Å². The van der Waals surface area contributed by atoms with E-state index in [-0.39, 0.29) is 6.23 Å². The van der Waals surface area contributed by atoms with Crippen LogP contribution in [-0.4, -0.2) is 23.3 Å². The van der Waals surface area contributed by atoms with Crippen LogP contribution in [0.4, 0.5) is 0 Å². The number of benzene rings is 2. The number of nitrogens with zero attached hydrogens (tertiary/aromatic N) is 1. The van der Waals surface area contributed by atoms with Crippen LogP contribution in [0.3, 0.4) is 0 Å². The first kappa shape index (κ1) is 13.6.